The Kier molecular flexibility index (Phi) is 4.65. The number of benzene rings is 2. The van der Waals surface area contributed by atoms with E-state index < -0.39 is 5.92 Å². The van der Waals surface area contributed by atoms with Crippen molar-refractivity contribution in [2.24, 2.45) is 0 Å². The first-order chi connectivity index (χ1) is 13.5. The highest BCUT2D eigenvalue weighted by Gasteiger charge is 2.36. The highest BCUT2D eigenvalue weighted by atomic mass is 35.5. The van der Waals surface area contributed by atoms with Crippen molar-refractivity contribution in [2.45, 2.75) is 19.3 Å². The van der Waals surface area contributed by atoms with Gasteiger partial charge in [0.25, 0.3) is 0 Å². The highest BCUT2D eigenvalue weighted by Crippen LogP contribution is 2.39. The van der Waals surface area contributed by atoms with Gasteiger partial charge in [0.05, 0.1) is 29.4 Å². The van der Waals surface area contributed by atoms with Gasteiger partial charge in [0.15, 0.2) is 5.78 Å². The molecule has 7 heteroatoms. The average Bonchev–Trinajstić information content (AvgIpc) is 3.03. The van der Waals surface area contributed by atoms with E-state index in [9.17, 15) is 9.59 Å². The number of hydrogen-bond donors (Lipinski definition) is 1. The predicted octanol–water partition coefficient (Wildman–Crippen LogP) is 4.15. The number of methoxy groups -OCH3 is 1. The van der Waals surface area contributed by atoms with E-state index in [2.05, 4.69) is 10.4 Å². The molecule has 28 heavy (non-hydrogen) atoms. The predicted molar refractivity (Wildman–Crippen MR) is 107 cm³/mol. The summed E-state index contributed by atoms with van der Waals surface area (Å²) in [6.45, 7) is 1.83. The van der Waals surface area contributed by atoms with E-state index in [1.165, 1.54) is 0 Å². The molecule has 1 unspecified atom stereocenters. The smallest absolute Gasteiger partial charge is 0.226 e. The van der Waals surface area contributed by atoms with Crippen molar-refractivity contribution >= 4 is 29.1 Å². The lowest BCUT2D eigenvalue weighted by atomic mass is 9.85. The van der Waals surface area contributed by atoms with Crippen LogP contribution < -0.4 is 10.1 Å². The van der Waals surface area contributed by atoms with Gasteiger partial charge in [0.2, 0.25) is 5.91 Å². The average molecular weight is 396 g/mol. The summed E-state index contributed by atoms with van der Waals surface area (Å²) in [5, 5.41) is 7.92. The first-order valence-corrected chi connectivity index (χ1v) is 9.20. The molecule has 4 rings (SSSR count). The van der Waals surface area contributed by atoms with Gasteiger partial charge in [0, 0.05) is 17.5 Å². The molecule has 1 aliphatic heterocycles. The minimum absolute atomic E-state index is 0.0763. The number of aryl methyl sites for hydroxylation is 1. The second-order valence-electron chi connectivity index (χ2n) is 6.61. The number of ether oxygens (including phenoxy) is 1. The van der Waals surface area contributed by atoms with Gasteiger partial charge in [-0.1, -0.05) is 23.7 Å². The van der Waals surface area contributed by atoms with Crippen LogP contribution in [0.4, 0.5) is 5.82 Å². The first-order valence-electron chi connectivity index (χ1n) is 8.82. The molecule has 0 fully saturated rings. The van der Waals surface area contributed by atoms with E-state index in [1.807, 2.05) is 25.1 Å². The maximum Gasteiger partial charge on any atom is 0.226 e. The number of amides is 1. The molecule has 3 aromatic rings. The van der Waals surface area contributed by atoms with Crippen LogP contribution in [0.1, 0.15) is 34.0 Å². The van der Waals surface area contributed by atoms with Gasteiger partial charge in [-0.05, 0) is 43.3 Å². The molecule has 0 spiro atoms. The third-order valence-corrected chi connectivity index (χ3v) is 5.19. The van der Waals surface area contributed by atoms with Gasteiger partial charge in [-0.15, -0.1) is 0 Å². The summed E-state index contributed by atoms with van der Waals surface area (Å²) in [5.41, 5.74) is 2.57. The fraction of sp³-hybridized carbons (Fsp3) is 0.190. The Morgan fingerprint density at radius 1 is 1.21 bits per heavy atom. The summed E-state index contributed by atoms with van der Waals surface area (Å²) < 4.78 is 6.74. The summed E-state index contributed by atoms with van der Waals surface area (Å²) in [5.74, 6) is 0.205. The summed E-state index contributed by atoms with van der Waals surface area (Å²) in [4.78, 5) is 25.6. The second-order valence-corrected chi connectivity index (χ2v) is 7.02. The van der Waals surface area contributed by atoms with Crippen LogP contribution >= 0.6 is 11.6 Å². The number of hydrogen-bond acceptors (Lipinski definition) is 4. The van der Waals surface area contributed by atoms with Crippen molar-refractivity contribution in [1.29, 1.82) is 0 Å². The van der Waals surface area contributed by atoms with Crippen LogP contribution in [-0.4, -0.2) is 28.6 Å². The number of anilines is 1. The van der Waals surface area contributed by atoms with Crippen LogP contribution in [0.15, 0.2) is 48.5 Å². The lowest BCUT2D eigenvalue weighted by Gasteiger charge is -2.23. The van der Waals surface area contributed by atoms with E-state index in [1.54, 1.807) is 42.1 Å². The Morgan fingerprint density at radius 2 is 1.93 bits per heavy atom. The molecule has 0 aliphatic carbocycles. The summed E-state index contributed by atoms with van der Waals surface area (Å²) in [6, 6.07) is 14.1. The van der Waals surface area contributed by atoms with Crippen molar-refractivity contribution in [3.8, 4) is 11.4 Å². The zero-order valence-electron chi connectivity index (χ0n) is 15.4. The van der Waals surface area contributed by atoms with Crippen LogP contribution in [0.2, 0.25) is 5.02 Å². The van der Waals surface area contributed by atoms with Gasteiger partial charge in [-0.2, -0.15) is 5.10 Å². The first kappa shape index (κ1) is 18.3. The van der Waals surface area contributed by atoms with Crippen LogP contribution in [0, 0.1) is 6.92 Å². The number of nitrogens with zero attached hydrogens (tertiary/aromatic N) is 2. The number of para-hydroxylation sites is 1. The summed E-state index contributed by atoms with van der Waals surface area (Å²) in [6.07, 6.45) is 0.0763. The number of Topliss-reactive ketones (excluding diaryl/α,β-unsaturated/α-hetero) is 1. The van der Waals surface area contributed by atoms with Crippen LogP contribution in [0.25, 0.3) is 5.69 Å². The molecule has 1 aromatic heterocycles. The maximum absolute atomic E-state index is 13.2. The lowest BCUT2D eigenvalue weighted by Crippen LogP contribution is -2.28. The second kappa shape index (κ2) is 7.13. The van der Waals surface area contributed by atoms with Crippen molar-refractivity contribution in [1.82, 2.24) is 9.78 Å². The Morgan fingerprint density at radius 3 is 2.61 bits per heavy atom. The molecule has 1 N–H and O–H groups in total. The number of carbonyl (C=O) groups is 2. The van der Waals surface area contributed by atoms with E-state index >= 15 is 0 Å². The Balaban J connectivity index is 1.80. The molecule has 6 nitrogen and oxygen atoms in total. The van der Waals surface area contributed by atoms with Gasteiger partial charge >= 0.3 is 0 Å². The maximum atomic E-state index is 13.2. The summed E-state index contributed by atoms with van der Waals surface area (Å²) in [7, 11) is 1.57. The monoisotopic (exact) mass is 395 g/mol. The molecular weight excluding hydrogens is 378 g/mol. The van der Waals surface area contributed by atoms with Crippen LogP contribution in [0.3, 0.4) is 0 Å². The van der Waals surface area contributed by atoms with Gasteiger partial charge in [0.1, 0.15) is 11.6 Å². The molecule has 2 aromatic carbocycles. The van der Waals surface area contributed by atoms with E-state index in [4.69, 9.17) is 16.3 Å². The molecule has 1 atom stereocenters. The molecular formula is C21H18ClN3O3. The van der Waals surface area contributed by atoms with Crippen molar-refractivity contribution in [3.63, 3.8) is 0 Å². The van der Waals surface area contributed by atoms with Gasteiger partial charge in [-0.3, -0.25) is 9.59 Å². The molecule has 0 bridgehead atoms. The number of rotatable bonds is 4. The fourth-order valence-electron chi connectivity index (χ4n) is 3.53. The third kappa shape index (κ3) is 3.05. The molecule has 0 saturated carbocycles. The Bertz CT molecular complexity index is 1070. The molecule has 1 aliphatic rings. The van der Waals surface area contributed by atoms with Gasteiger partial charge < -0.3 is 10.1 Å². The Labute approximate surface area is 167 Å². The topological polar surface area (TPSA) is 73.2 Å². The van der Waals surface area contributed by atoms with E-state index in [-0.39, 0.29) is 18.1 Å². The van der Waals surface area contributed by atoms with E-state index in [0.717, 1.165) is 5.56 Å². The fourth-order valence-corrected chi connectivity index (χ4v) is 3.74. The SMILES string of the molecule is COc1ccc(C(=O)C2CC(=O)Nc3c2c(C)nn3-c2ccccc2Cl)cc1. The van der Waals surface area contributed by atoms with E-state index in [0.29, 0.717) is 33.5 Å². The molecule has 1 amide bonds. The normalized spacial score (nSPS) is 15.7. The molecule has 2 heterocycles. The zero-order chi connectivity index (χ0) is 19.8. The standard InChI is InChI=1S/C21H18ClN3O3/c1-12-19-15(20(27)13-7-9-14(28-2)10-8-13)11-18(26)23-21(19)25(24-12)17-6-4-3-5-16(17)22/h3-10,15H,11H2,1-2H3,(H,23,26). The number of nitrogens with one attached hydrogen (secondary N) is 1. The molecule has 0 saturated heterocycles. The van der Waals surface area contributed by atoms with Crippen molar-refractivity contribution in [2.75, 3.05) is 12.4 Å². The molecule has 142 valence electrons. The number of halogens is 1. The third-order valence-electron chi connectivity index (χ3n) is 4.87. The minimum Gasteiger partial charge on any atom is -0.497 e. The van der Waals surface area contributed by atoms with Crippen LogP contribution in [-0.2, 0) is 4.79 Å². The highest BCUT2D eigenvalue weighted by molar-refractivity contribution is 6.32. The molecule has 0 radical (unpaired) electrons. The number of aromatic nitrogens is 2. The minimum atomic E-state index is -0.603. The number of fused-ring (bicyclic) bond motifs is 1. The largest absolute Gasteiger partial charge is 0.497 e. The quantitative estimate of drug-likeness (QED) is 0.673. The zero-order valence-corrected chi connectivity index (χ0v) is 16.2. The number of carbonyl (C=O) groups excluding carboxylic acids is 2. The summed E-state index contributed by atoms with van der Waals surface area (Å²) >= 11 is 6.32. The van der Waals surface area contributed by atoms with Crippen LogP contribution in [0.5, 0.6) is 5.75 Å². The van der Waals surface area contributed by atoms with Crippen molar-refractivity contribution < 1.29 is 14.3 Å². The van der Waals surface area contributed by atoms with Gasteiger partial charge in [-0.25, -0.2) is 4.68 Å². The number of ketones is 1. The van der Waals surface area contributed by atoms with Crippen molar-refractivity contribution in [3.05, 3.63) is 70.4 Å². The lowest BCUT2D eigenvalue weighted by molar-refractivity contribution is -0.116. The Hall–Kier alpha value is -3.12.